The number of nitrogens with one attached hydrogen (secondary N) is 1. The number of hydrogen-bond donors (Lipinski definition) is 1. The molecule has 144 valence electrons. The van der Waals surface area contributed by atoms with Crippen LogP contribution in [0, 0.1) is 10.1 Å². The van der Waals surface area contributed by atoms with Crippen LogP contribution in [0.25, 0.3) is 11.1 Å². The van der Waals surface area contributed by atoms with Crippen LogP contribution in [0.4, 0.5) is 11.4 Å². The fourth-order valence-corrected chi connectivity index (χ4v) is 2.93. The number of nitro benzene ring substituents is 1. The van der Waals surface area contributed by atoms with Gasteiger partial charge in [-0.25, -0.2) is 0 Å². The van der Waals surface area contributed by atoms with E-state index in [0.29, 0.717) is 16.8 Å². The summed E-state index contributed by atoms with van der Waals surface area (Å²) in [7, 11) is 0. The van der Waals surface area contributed by atoms with Crippen LogP contribution in [0.15, 0.2) is 58.2 Å². The molecule has 2 aromatic carbocycles. The van der Waals surface area contributed by atoms with Gasteiger partial charge in [-0.1, -0.05) is 37.7 Å². The molecule has 0 fully saturated rings. The summed E-state index contributed by atoms with van der Waals surface area (Å²) in [4.78, 5) is 22.4. The molecule has 1 aromatic heterocycles. The van der Waals surface area contributed by atoms with Crippen molar-refractivity contribution in [3.8, 4) is 11.1 Å². The van der Waals surface area contributed by atoms with E-state index in [4.69, 9.17) is 4.42 Å². The maximum absolute atomic E-state index is 12.1. The van der Waals surface area contributed by atoms with Crippen molar-refractivity contribution in [1.29, 1.82) is 0 Å². The minimum atomic E-state index is -0.432. The Bertz CT molecular complexity index is 968. The zero-order valence-corrected chi connectivity index (χ0v) is 16.1. The molecule has 1 heterocycles. The van der Waals surface area contributed by atoms with Crippen molar-refractivity contribution >= 4 is 29.0 Å². The van der Waals surface area contributed by atoms with Crippen molar-refractivity contribution in [3.05, 3.63) is 64.5 Å². The highest BCUT2D eigenvalue weighted by Gasteiger charge is 2.12. The number of carbonyl (C=O) groups is 1. The molecule has 0 unspecified atom stereocenters. The minimum absolute atomic E-state index is 0.0481. The lowest BCUT2D eigenvalue weighted by atomic mass is 10.1. The molecule has 9 heteroatoms. The summed E-state index contributed by atoms with van der Waals surface area (Å²) in [6.07, 6.45) is 0. The molecule has 0 bridgehead atoms. The van der Waals surface area contributed by atoms with Gasteiger partial charge in [0.15, 0.2) is 0 Å². The SMILES string of the molecule is CC(C)c1nnc(SCC(=O)Nc2ccc(-c3ccc([N+](=O)[O-])cc3)cc2)o1. The number of amides is 1. The van der Waals surface area contributed by atoms with Crippen molar-refractivity contribution in [3.63, 3.8) is 0 Å². The monoisotopic (exact) mass is 398 g/mol. The maximum Gasteiger partial charge on any atom is 0.277 e. The summed E-state index contributed by atoms with van der Waals surface area (Å²) >= 11 is 1.18. The topological polar surface area (TPSA) is 111 Å². The molecule has 1 amide bonds. The fourth-order valence-electron chi connectivity index (χ4n) is 2.36. The first kappa shape index (κ1) is 19.6. The van der Waals surface area contributed by atoms with Crippen LogP contribution in [-0.4, -0.2) is 26.8 Å². The quantitative estimate of drug-likeness (QED) is 0.354. The van der Waals surface area contributed by atoms with Gasteiger partial charge in [0, 0.05) is 23.7 Å². The predicted molar refractivity (Wildman–Crippen MR) is 106 cm³/mol. The number of rotatable bonds is 7. The highest BCUT2D eigenvalue weighted by atomic mass is 32.2. The van der Waals surface area contributed by atoms with Crippen molar-refractivity contribution in [2.75, 3.05) is 11.1 Å². The Morgan fingerprint density at radius 1 is 1.11 bits per heavy atom. The van der Waals surface area contributed by atoms with Gasteiger partial charge in [-0.15, -0.1) is 10.2 Å². The Morgan fingerprint density at radius 3 is 2.25 bits per heavy atom. The number of non-ortho nitro benzene ring substituents is 1. The number of thioether (sulfide) groups is 1. The molecule has 3 rings (SSSR count). The van der Waals surface area contributed by atoms with Crippen molar-refractivity contribution in [1.82, 2.24) is 10.2 Å². The summed E-state index contributed by atoms with van der Waals surface area (Å²) in [5, 5.41) is 21.7. The van der Waals surface area contributed by atoms with Gasteiger partial charge in [-0.05, 0) is 35.4 Å². The second-order valence-electron chi connectivity index (χ2n) is 6.28. The highest BCUT2D eigenvalue weighted by molar-refractivity contribution is 7.99. The Hall–Kier alpha value is -3.20. The van der Waals surface area contributed by atoms with Crippen LogP contribution in [0.5, 0.6) is 0 Å². The second-order valence-corrected chi connectivity index (χ2v) is 7.21. The van der Waals surface area contributed by atoms with E-state index in [1.807, 2.05) is 26.0 Å². The molecular weight excluding hydrogens is 380 g/mol. The zero-order valence-electron chi connectivity index (χ0n) is 15.3. The smallest absolute Gasteiger partial charge is 0.277 e. The molecule has 0 atom stereocenters. The number of nitro groups is 1. The van der Waals surface area contributed by atoms with Crippen LogP contribution in [0.2, 0.25) is 0 Å². The molecule has 0 saturated heterocycles. The van der Waals surface area contributed by atoms with Gasteiger partial charge in [0.25, 0.3) is 10.9 Å². The number of benzene rings is 2. The van der Waals surface area contributed by atoms with E-state index < -0.39 is 4.92 Å². The number of anilines is 1. The molecule has 0 radical (unpaired) electrons. The van der Waals surface area contributed by atoms with Gasteiger partial charge in [-0.2, -0.15) is 0 Å². The number of nitrogens with zero attached hydrogens (tertiary/aromatic N) is 3. The molecule has 28 heavy (non-hydrogen) atoms. The van der Waals surface area contributed by atoms with Crippen LogP contribution in [0.1, 0.15) is 25.7 Å². The van der Waals surface area contributed by atoms with E-state index in [2.05, 4.69) is 15.5 Å². The Labute approximate surface area is 165 Å². The molecule has 0 saturated carbocycles. The normalized spacial score (nSPS) is 10.8. The summed E-state index contributed by atoms with van der Waals surface area (Å²) in [6, 6.07) is 13.6. The number of aromatic nitrogens is 2. The van der Waals surface area contributed by atoms with Gasteiger partial charge >= 0.3 is 0 Å². The van der Waals surface area contributed by atoms with E-state index in [9.17, 15) is 14.9 Å². The molecule has 0 aliphatic rings. The maximum atomic E-state index is 12.1. The van der Waals surface area contributed by atoms with Gasteiger partial charge in [0.05, 0.1) is 10.7 Å². The molecular formula is C19H18N4O4S. The summed E-state index contributed by atoms with van der Waals surface area (Å²) in [6.45, 7) is 3.91. The largest absolute Gasteiger partial charge is 0.416 e. The Morgan fingerprint density at radius 2 is 1.71 bits per heavy atom. The molecule has 8 nitrogen and oxygen atoms in total. The standard InChI is InChI=1S/C19H18N4O4S/c1-12(2)18-21-22-19(27-18)28-11-17(24)20-15-7-3-13(4-8-15)14-5-9-16(10-6-14)23(25)26/h3-10,12H,11H2,1-2H3,(H,20,24). The molecule has 0 spiro atoms. The lowest BCUT2D eigenvalue weighted by Gasteiger charge is -2.06. The lowest BCUT2D eigenvalue weighted by molar-refractivity contribution is -0.384. The Balaban J connectivity index is 1.55. The third-order valence-electron chi connectivity index (χ3n) is 3.82. The van der Waals surface area contributed by atoms with Crippen molar-refractivity contribution < 1.29 is 14.1 Å². The molecule has 0 aliphatic heterocycles. The summed E-state index contributed by atoms with van der Waals surface area (Å²) in [5.41, 5.74) is 2.46. The van der Waals surface area contributed by atoms with E-state index >= 15 is 0 Å². The summed E-state index contributed by atoms with van der Waals surface area (Å²) < 4.78 is 5.45. The summed E-state index contributed by atoms with van der Waals surface area (Å²) in [5.74, 6) is 0.663. The van der Waals surface area contributed by atoms with Crippen molar-refractivity contribution in [2.24, 2.45) is 0 Å². The van der Waals surface area contributed by atoms with Gasteiger partial charge in [-0.3, -0.25) is 14.9 Å². The van der Waals surface area contributed by atoms with Gasteiger partial charge in [0.1, 0.15) is 0 Å². The van der Waals surface area contributed by atoms with E-state index in [1.54, 1.807) is 24.3 Å². The Kier molecular flexibility index (Phi) is 6.05. The average molecular weight is 398 g/mol. The number of hydrogen-bond acceptors (Lipinski definition) is 7. The first-order valence-electron chi connectivity index (χ1n) is 8.53. The molecule has 3 aromatic rings. The van der Waals surface area contributed by atoms with E-state index in [0.717, 1.165) is 11.1 Å². The molecule has 1 N–H and O–H groups in total. The van der Waals surface area contributed by atoms with Crippen molar-refractivity contribution in [2.45, 2.75) is 25.0 Å². The first-order chi connectivity index (χ1) is 13.4. The van der Waals surface area contributed by atoms with Crippen LogP contribution >= 0.6 is 11.8 Å². The van der Waals surface area contributed by atoms with Crippen LogP contribution in [-0.2, 0) is 4.79 Å². The first-order valence-corrected chi connectivity index (χ1v) is 9.52. The van der Waals surface area contributed by atoms with Crippen LogP contribution in [0.3, 0.4) is 0 Å². The third-order valence-corrected chi connectivity index (χ3v) is 4.64. The predicted octanol–water partition coefficient (Wildman–Crippen LogP) is 4.50. The van der Waals surface area contributed by atoms with Crippen LogP contribution < -0.4 is 5.32 Å². The fraction of sp³-hybridized carbons (Fsp3) is 0.211. The highest BCUT2D eigenvalue weighted by Crippen LogP contribution is 2.24. The third kappa shape index (κ3) is 4.95. The number of carbonyl (C=O) groups excluding carboxylic acids is 1. The van der Waals surface area contributed by atoms with Gasteiger partial charge in [0.2, 0.25) is 11.8 Å². The lowest BCUT2D eigenvalue weighted by Crippen LogP contribution is -2.13. The van der Waals surface area contributed by atoms with Gasteiger partial charge < -0.3 is 9.73 Å². The second kappa shape index (κ2) is 8.66. The minimum Gasteiger partial charge on any atom is -0.416 e. The van der Waals surface area contributed by atoms with E-state index in [1.165, 1.54) is 23.9 Å². The molecule has 0 aliphatic carbocycles. The average Bonchev–Trinajstić information content (AvgIpc) is 3.16. The zero-order chi connectivity index (χ0) is 20.1. The van der Waals surface area contributed by atoms with E-state index in [-0.39, 0.29) is 23.3 Å².